The van der Waals surface area contributed by atoms with E-state index in [2.05, 4.69) is 44.9 Å². The highest BCUT2D eigenvalue weighted by Gasteiger charge is 2.12. The second-order valence-corrected chi connectivity index (χ2v) is 7.27. The molecule has 0 spiro atoms. The lowest BCUT2D eigenvalue weighted by molar-refractivity contribution is 0.104. The van der Waals surface area contributed by atoms with Crippen molar-refractivity contribution in [1.29, 1.82) is 0 Å². The predicted octanol–water partition coefficient (Wildman–Crippen LogP) is 5.89. The van der Waals surface area contributed by atoms with Crippen molar-refractivity contribution in [2.24, 2.45) is 0 Å². The van der Waals surface area contributed by atoms with Crippen molar-refractivity contribution in [1.82, 2.24) is 4.57 Å². The molecule has 0 radical (unpaired) electrons. The van der Waals surface area contributed by atoms with E-state index in [1.54, 1.807) is 17.8 Å². The highest BCUT2D eigenvalue weighted by molar-refractivity contribution is 9.10. The van der Waals surface area contributed by atoms with Crippen molar-refractivity contribution in [3.05, 3.63) is 100 Å². The van der Waals surface area contributed by atoms with E-state index in [-0.39, 0.29) is 5.78 Å². The molecule has 0 fully saturated rings. The molecule has 0 aliphatic heterocycles. The van der Waals surface area contributed by atoms with Crippen LogP contribution in [-0.4, -0.2) is 16.6 Å². The van der Waals surface area contributed by atoms with Crippen molar-refractivity contribution in [3.8, 4) is 0 Å². The molecule has 0 saturated heterocycles. The number of ketones is 1. The van der Waals surface area contributed by atoms with Crippen molar-refractivity contribution < 1.29 is 4.79 Å². The number of allylic oxidation sites excluding steroid dienone is 1. The zero-order valence-corrected chi connectivity index (χ0v) is 16.3. The van der Waals surface area contributed by atoms with Crippen LogP contribution in [0.1, 0.15) is 21.6 Å². The third kappa shape index (κ3) is 4.33. The number of rotatable bonds is 6. The monoisotopic (exact) mass is 411 g/mol. The van der Waals surface area contributed by atoms with E-state index in [9.17, 15) is 4.79 Å². The fourth-order valence-electron chi connectivity index (χ4n) is 2.65. The van der Waals surface area contributed by atoms with Gasteiger partial charge in [-0.1, -0.05) is 58.4 Å². The highest BCUT2D eigenvalue weighted by atomic mass is 79.9. The van der Waals surface area contributed by atoms with Crippen LogP contribution in [0, 0.1) is 0 Å². The number of benzene rings is 2. The molecule has 1 aromatic heterocycles. The van der Waals surface area contributed by atoms with E-state index >= 15 is 0 Å². The second kappa shape index (κ2) is 8.37. The lowest BCUT2D eigenvalue weighted by atomic mass is 10.1. The number of nitrogens with zero attached hydrogens (tertiary/aromatic N) is 1. The van der Waals surface area contributed by atoms with Gasteiger partial charge < -0.3 is 4.57 Å². The summed E-state index contributed by atoms with van der Waals surface area (Å²) in [6, 6.07) is 21.9. The minimum Gasteiger partial charge on any atom is -0.343 e. The molecule has 2 aromatic carbocycles. The maximum Gasteiger partial charge on any atom is 0.188 e. The van der Waals surface area contributed by atoms with Crippen LogP contribution in [0.15, 0.2) is 83.5 Å². The molecule has 0 saturated carbocycles. The van der Waals surface area contributed by atoms with Gasteiger partial charge in [0, 0.05) is 33.8 Å². The van der Waals surface area contributed by atoms with Crippen LogP contribution >= 0.6 is 27.7 Å². The molecular formula is C21H18BrNOS. The number of carbonyl (C=O) groups is 1. The summed E-state index contributed by atoms with van der Waals surface area (Å²) in [7, 11) is 0. The van der Waals surface area contributed by atoms with Gasteiger partial charge in [-0.2, -0.15) is 0 Å². The van der Waals surface area contributed by atoms with Crippen LogP contribution in [0.4, 0.5) is 0 Å². The lowest BCUT2D eigenvalue weighted by Crippen LogP contribution is -2.03. The van der Waals surface area contributed by atoms with Crippen molar-refractivity contribution in [3.63, 3.8) is 0 Å². The van der Waals surface area contributed by atoms with Gasteiger partial charge in [0.1, 0.15) is 0 Å². The third-order valence-corrected chi connectivity index (χ3v) is 5.36. The van der Waals surface area contributed by atoms with Crippen molar-refractivity contribution in [2.75, 3.05) is 6.26 Å². The molecule has 0 amide bonds. The van der Waals surface area contributed by atoms with Gasteiger partial charge in [-0.05, 0) is 36.1 Å². The van der Waals surface area contributed by atoms with Crippen LogP contribution in [0.2, 0.25) is 0 Å². The maximum absolute atomic E-state index is 12.7. The van der Waals surface area contributed by atoms with E-state index in [0.29, 0.717) is 5.56 Å². The summed E-state index contributed by atoms with van der Waals surface area (Å²) in [5.41, 5.74) is 2.96. The minimum absolute atomic E-state index is 0.00397. The molecule has 3 rings (SSSR count). The molecule has 0 bridgehead atoms. The van der Waals surface area contributed by atoms with Gasteiger partial charge in [0.15, 0.2) is 5.78 Å². The highest BCUT2D eigenvalue weighted by Crippen LogP contribution is 2.28. The van der Waals surface area contributed by atoms with E-state index in [1.165, 1.54) is 5.56 Å². The van der Waals surface area contributed by atoms with Crippen LogP contribution in [0.3, 0.4) is 0 Å². The van der Waals surface area contributed by atoms with Crippen molar-refractivity contribution in [2.45, 2.75) is 6.54 Å². The zero-order valence-electron chi connectivity index (χ0n) is 13.9. The van der Waals surface area contributed by atoms with Gasteiger partial charge in [0.05, 0.1) is 5.69 Å². The standard InChI is InChI=1S/C21H18BrNOS/c1-25-21(14-20(24)17-10-5-6-11-18(17)22)19-12-7-13-23(19)15-16-8-3-2-4-9-16/h2-14H,15H2,1H3/b21-14-. The average Bonchev–Trinajstić information content (AvgIpc) is 3.08. The zero-order chi connectivity index (χ0) is 17.6. The first-order valence-electron chi connectivity index (χ1n) is 7.93. The minimum atomic E-state index is 0.00397. The van der Waals surface area contributed by atoms with Crippen LogP contribution in [-0.2, 0) is 6.54 Å². The SMILES string of the molecule is CS/C(=C\C(=O)c1ccccc1Br)c1cccn1Cc1ccccc1. The molecule has 0 unspecified atom stereocenters. The Hall–Kier alpha value is -2.04. The molecule has 3 aromatic rings. The number of hydrogen-bond acceptors (Lipinski definition) is 2. The summed E-state index contributed by atoms with van der Waals surface area (Å²) in [4.78, 5) is 13.6. The quantitative estimate of drug-likeness (QED) is 0.372. The predicted molar refractivity (Wildman–Crippen MR) is 110 cm³/mol. The summed E-state index contributed by atoms with van der Waals surface area (Å²) >= 11 is 5.04. The summed E-state index contributed by atoms with van der Waals surface area (Å²) in [5.74, 6) is 0.00397. The Labute approximate surface area is 160 Å². The molecule has 0 aliphatic rings. The van der Waals surface area contributed by atoms with Gasteiger partial charge in [-0.3, -0.25) is 4.79 Å². The van der Waals surface area contributed by atoms with E-state index in [1.807, 2.05) is 54.8 Å². The maximum atomic E-state index is 12.7. The molecular weight excluding hydrogens is 394 g/mol. The number of carbonyl (C=O) groups excluding carboxylic acids is 1. The Balaban J connectivity index is 1.90. The Morgan fingerprint density at radius 2 is 1.76 bits per heavy atom. The summed E-state index contributed by atoms with van der Waals surface area (Å²) in [5, 5.41) is 0. The smallest absolute Gasteiger partial charge is 0.188 e. The van der Waals surface area contributed by atoms with Gasteiger partial charge >= 0.3 is 0 Å². The molecule has 2 nitrogen and oxygen atoms in total. The van der Waals surface area contributed by atoms with Crippen LogP contribution in [0.5, 0.6) is 0 Å². The molecule has 4 heteroatoms. The second-order valence-electron chi connectivity index (χ2n) is 5.56. The fourth-order valence-corrected chi connectivity index (χ4v) is 3.75. The topological polar surface area (TPSA) is 22.0 Å². The Bertz CT molecular complexity index is 899. The Morgan fingerprint density at radius 1 is 1.04 bits per heavy atom. The van der Waals surface area contributed by atoms with Crippen molar-refractivity contribution >= 4 is 38.4 Å². The van der Waals surface area contributed by atoms with Gasteiger partial charge in [-0.15, -0.1) is 11.8 Å². The van der Waals surface area contributed by atoms with E-state index in [0.717, 1.165) is 21.6 Å². The number of hydrogen-bond donors (Lipinski definition) is 0. The summed E-state index contributed by atoms with van der Waals surface area (Å²) < 4.78 is 2.99. The first-order chi connectivity index (χ1) is 12.2. The molecule has 0 N–H and O–H groups in total. The van der Waals surface area contributed by atoms with Gasteiger partial charge in [-0.25, -0.2) is 0 Å². The number of thioether (sulfide) groups is 1. The largest absolute Gasteiger partial charge is 0.343 e. The molecule has 0 atom stereocenters. The summed E-state index contributed by atoms with van der Waals surface area (Å²) in [6.45, 7) is 0.782. The summed E-state index contributed by atoms with van der Waals surface area (Å²) in [6.07, 6.45) is 5.77. The van der Waals surface area contributed by atoms with E-state index < -0.39 is 0 Å². The number of aromatic nitrogens is 1. The molecule has 25 heavy (non-hydrogen) atoms. The molecule has 126 valence electrons. The van der Waals surface area contributed by atoms with Gasteiger partial charge in [0.2, 0.25) is 0 Å². The van der Waals surface area contributed by atoms with Crippen LogP contribution in [0.25, 0.3) is 4.91 Å². The average molecular weight is 412 g/mol. The van der Waals surface area contributed by atoms with E-state index in [4.69, 9.17) is 0 Å². The fraction of sp³-hybridized carbons (Fsp3) is 0.0952. The Kier molecular flexibility index (Phi) is 5.95. The van der Waals surface area contributed by atoms with Gasteiger partial charge in [0.25, 0.3) is 0 Å². The molecule has 0 aliphatic carbocycles. The first kappa shape index (κ1) is 17.8. The molecule has 1 heterocycles. The third-order valence-electron chi connectivity index (χ3n) is 3.90. The first-order valence-corrected chi connectivity index (χ1v) is 9.95. The Morgan fingerprint density at radius 3 is 2.48 bits per heavy atom. The number of halogens is 1. The lowest BCUT2D eigenvalue weighted by Gasteiger charge is -2.11. The normalized spacial score (nSPS) is 11.5. The van der Waals surface area contributed by atoms with Crippen LogP contribution < -0.4 is 0 Å².